The van der Waals surface area contributed by atoms with Crippen molar-refractivity contribution in [3.63, 3.8) is 0 Å². The molecule has 6 heteroatoms. The lowest BCUT2D eigenvalue weighted by Gasteiger charge is -2.39. The zero-order valence-corrected chi connectivity index (χ0v) is 13.0. The largest absolute Gasteiger partial charge is 0.496 e. The first kappa shape index (κ1) is 15.3. The SMILES string of the molecule is COc1cc(OC)c([C@H]2NC(=O)OCC2(C)C)cc1OC. The third kappa shape index (κ3) is 2.84. The summed E-state index contributed by atoms with van der Waals surface area (Å²) in [6, 6.07) is 3.34. The number of alkyl carbamates (subject to hydrolysis) is 1. The van der Waals surface area contributed by atoms with E-state index in [4.69, 9.17) is 18.9 Å². The highest BCUT2D eigenvalue weighted by Gasteiger charge is 2.39. The molecule has 0 spiro atoms. The summed E-state index contributed by atoms with van der Waals surface area (Å²) in [5.41, 5.74) is 0.553. The molecule has 1 aliphatic heterocycles. The minimum Gasteiger partial charge on any atom is -0.496 e. The van der Waals surface area contributed by atoms with E-state index in [1.165, 1.54) is 0 Å². The smallest absolute Gasteiger partial charge is 0.407 e. The maximum Gasteiger partial charge on any atom is 0.407 e. The third-order valence-corrected chi connectivity index (χ3v) is 3.67. The molecular weight excluding hydrogens is 274 g/mol. The molecule has 1 aromatic rings. The first-order chi connectivity index (χ1) is 9.92. The van der Waals surface area contributed by atoms with Gasteiger partial charge in [-0.1, -0.05) is 13.8 Å². The molecule has 0 bridgehead atoms. The Kier molecular flexibility index (Phi) is 4.16. The van der Waals surface area contributed by atoms with Gasteiger partial charge in [-0.25, -0.2) is 4.79 Å². The second kappa shape index (κ2) is 5.71. The van der Waals surface area contributed by atoms with Gasteiger partial charge in [0.1, 0.15) is 12.4 Å². The fraction of sp³-hybridized carbons (Fsp3) is 0.533. The van der Waals surface area contributed by atoms with Crippen molar-refractivity contribution in [3.8, 4) is 17.2 Å². The average Bonchev–Trinajstić information content (AvgIpc) is 2.48. The predicted molar refractivity (Wildman–Crippen MR) is 77.1 cm³/mol. The molecule has 0 aromatic heterocycles. The van der Waals surface area contributed by atoms with E-state index in [0.717, 1.165) is 5.56 Å². The average molecular weight is 295 g/mol. The minimum atomic E-state index is -0.434. The normalized spacial score (nSPS) is 20.2. The van der Waals surface area contributed by atoms with Gasteiger partial charge in [0.25, 0.3) is 0 Å². The lowest BCUT2D eigenvalue weighted by molar-refractivity contribution is 0.0380. The molecule has 1 N–H and O–H groups in total. The molecule has 1 heterocycles. The standard InChI is InChI=1S/C15H21NO5/c1-15(2)8-21-14(17)16-13(15)9-6-11(19-4)12(20-5)7-10(9)18-3/h6-7,13H,8H2,1-5H3,(H,16,17)/t13-/m1/s1. The van der Waals surface area contributed by atoms with Crippen LogP contribution in [0.1, 0.15) is 25.5 Å². The Hall–Kier alpha value is -2.11. The number of carbonyl (C=O) groups excluding carboxylic acids is 1. The van der Waals surface area contributed by atoms with Crippen LogP contribution in [-0.2, 0) is 4.74 Å². The molecule has 1 aliphatic rings. The number of carbonyl (C=O) groups is 1. The van der Waals surface area contributed by atoms with Crippen molar-refractivity contribution in [1.29, 1.82) is 0 Å². The third-order valence-electron chi connectivity index (χ3n) is 3.67. The number of benzene rings is 1. The second-order valence-corrected chi connectivity index (χ2v) is 5.59. The molecule has 116 valence electrons. The zero-order valence-electron chi connectivity index (χ0n) is 13.0. The van der Waals surface area contributed by atoms with E-state index in [1.54, 1.807) is 27.4 Å². The molecule has 2 rings (SSSR count). The van der Waals surface area contributed by atoms with Crippen LogP contribution < -0.4 is 19.5 Å². The number of hydrogen-bond acceptors (Lipinski definition) is 5. The van der Waals surface area contributed by atoms with Gasteiger partial charge in [0, 0.05) is 17.0 Å². The summed E-state index contributed by atoms with van der Waals surface area (Å²) < 4.78 is 21.1. The van der Waals surface area contributed by atoms with E-state index < -0.39 is 6.09 Å². The minimum absolute atomic E-state index is 0.242. The van der Waals surface area contributed by atoms with Gasteiger partial charge in [0.05, 0.1) is 27.4 Å². The molecule has 0 unspecified atom stereocenters. The molecule has 1 atom stereocenters. The lowest BCUT2D eigenvalue weighted by atomic mass is 9.80. The van der Waals surface area contributed by atoms with Gasteiger partial charge in [-0.05, 0) is 6.07 Å². The van der Waals surface area contributed by atoms with E-state index in [1.807, 2.05) is 19.9 Å². The summed E-state index contributed by atoms with van der Waals surface area (Å²) >= 11 is 0. The Bertz CT molecular complexity index is 541. The Balaban J connectivity index is 2.52. The Morgan fingerprint density at radius 2 is 1.67 bits per heavy atom. The van der Waals surface area contributed by atoms with Crippen molar-refractivity contribution >= 4 is 6.09 Å². The number of nitrogens with one attached hydrogen (secondary N) is 1. The monoisotopic (exact) mass is 295 g/mol. The summed E-state index contributed by atoms with van der Waals surface area (Å²) in [5, 5.41) is 2.85. The summed E-state index contributed by atoms with van der Waals surface area (Å²) in [6.45, 7) is 4.38. The number of hydrogen-bond donors (Lipinski definition) is 1. The number of rotatable bonds is 4. The van der Waals surface area contributed by atoms with Crippen LogP contribution in [0.15, 0.2) is 12.1 Å². The van der Waals surface area contributed by atoms with Crippen molar-refractivity contribution in [2.45, 2.75) is 19.9 Å². The lowest BCUT2D eigenvalue weighted by Crippen LogP contribution is -2.47. The van der Waals surface area contributed by atoms with Gasteiger partial charge >= 0.3 is 6.09 Å². The van der Waals surface area contributed by atoms with Gasteiger partial charge in [-0.15, -0.1) is 0 Å². The van der Waals surface area contributed by atoms with Crippen LogP contribution in [0.4, 0.5) is 4.79 Å². The number of ether oxygens (including phenoxy) is 4. The maximum absolute atomic E-state index is 11.6. The molecule has 6 nitrogen and oxygen atoms in total. The highest BCUT2D eigenvalue weighted by molar-refractivity contribution is 5.69. The van der Waals surface area contributed by atoms with Crippen molar-refractivity contribution in [1.82, 2.24) is 5.32 Å². The zero-order chi connectivity index (χ0) is 15.6. The quantitative estimate of drug-likeness (QED) is 0.924. The fourth-order valence-electron chi connectivity index (χ4n) is 2.47. The Morgan fingerprint density at radius 1 is 1.10 bits per heavy atom. The molecule has 1 saturated heterocycles. The van der Waals surface area contributed by atoms with Crippen molar-refractivity contribution in [2.75, 3.05) is 27.9 Å². The molecule has 1 aromatic carbocycles. The maximum atomic E-state index is 11.6. The topological polar surface area (TPSA) is 66.0 Å². The molecule has 21 heavy (non-hydrogen) atoms. The molecular formula is C15H21NO5. The van der Waals surface area contributed by atoms with E-state index in [-0.39, 0.29) is 11.5 Å². The van der Waals surface area contributed by atoms with Gasteiger partial charge in [-0.3, -0.25) is 0 Å². The second-order valence-electron chi connectivity index (χ2n) is 5.59. The number of amides is 1. The summed E-state index contributed by atoms with van der Waals surface area (Å²) in [6.07, 6.45) is -0.434. The Labute approximate surface area is 124 Å². The molecule has 0 saturated carbocycles. The van der Waals surface area contributed by atoms with E-state index in [2.05, 4.69) is 5.32 Å². The highest BCUT2D eigenvalue weighted by Crippen LogP contribution is 2.44. The van der Waals surface area contributed by atoms with E-state index in [0.29, 0.717) is 23.9 Å². The van der Waals surface area contributed by atoms with Crippen LogP contribution in [0, 0.1) is 5.41 Å². The predicted octanol–water partition coefficient (Wildman–Crippen LogP) is 2.52. The van der Waals surface area contributed by atoms with Crippen molar-refractivity contribution in [2.24, 2.45) is 5.41 Å². The summed E-state index contributed by atoms with van der Waals surface area (Å²) in [4.78, 5) is 11.6. The number of cyclic esters (lactones) is 1. The molecule has 0 radical (unpaired) electrons. The van der Waals surface area contributed by atoms with Crippen molar-refractivity contribution < 1.29 is 23.7 Å². The number of methoxy groups -OCH3 is 3. The molecule has 0 aliphatic carbocycles. The van der Waals surface area contributed by atoms with Crippen LogP contribution >= 0.6 is 0 Å². The molecule has 1 amide bonds. The van der Waals surface area contributed by atoms with Gasteiger partial charge in [0.2, 0.25) is 0 Å². The van der Waals surface area contributed by atoms with Crippen LogP contribution in [0.25, 0.3) is 0 Å². The van der Waals surface area contributed by atoms with Gasteiger partial charge in [-0.2, -0.15) is 0 Å². The van der Waals surface area contributed by atoms with E-state index in [9.17, 15) is 4.79 Å². The summed E-state index contributed by atoms with van der Waals surface area (Å²) in [7, 11) is 4.72. The van der Waals surface area contributed by atoms with Crippen LogP contribution in [0.2, 0.25) is 0 Å². The fourth-order valence-corrected chi connectivity index (χ4v) is 2.47. The van der Waals surface area contributed by atoms with Crippen LogP contribution in [-0.4, -0.2) is 34.0 Å². The Morgan fingerprint density at radius 3 is 2.24 bits per heavy atom. The van der Waals surface area contributed by atoms with Gasteiger partial charge < -0.3 is 24.3 Å². The van der Waals surface area contributed by atoms with Crippen molar-refractivity contribution in [3.05, 3.63) is 17.7 Å². The first-order valence-electron chi connectivity index (χ1n) is 6.66. The van der Waals surface area contributed by atoms with Gasteiger partial charge in [0.15, 0.2) is 11.5 Å². The summed E-state index contributed by atoms with van der Waals surface area (Å²) in [5.74, 6) is 1.80. The first-order valence-corrected chi connectivity index (χ1v) is 6.66. The van der Waals surface area contributed by atoms with E-state index >= 15 is 0 Å². The van der Waals surface area contributed by atoms with Crippen LogP contribution in [0.5, 0.6) is 17.2 Å². The highest BCUT2D eigenvalue weighted by atomic mass is 16.6. The van der Waals surface area contributed by atoms with Crippen LogP contribution in [0.3, 0.4) is 0 Å². The molecule has 1 fully saturated rings.